The monoisotopic (exact) mass is 404 g/mol. The summed E-state index contributed by atoms with van der Waals surface area (Å²) in [7, 11) is 0. The topological polar surface area (TPSA) is 87.7 Å². The maximum Gasteiger partial charge on any atom is 0.341 e. The summed E-state index contributed by atoms with van der Waals surface area (Å²) in [5, 5.41) is 15.4. The van der Waals surface area contributed by atoms with Gasteiger partial charge < -0.3 is 20.5 Å². The van der Waals surface area contributed by atoms with Gasteiger partial charge in [0, 0.05) is 10.7 Å². The van der Waals surface area contributed by atoms with E-state index < -0.39 is 12.6 Å². The van der Waals surface area contributed by atoms with Crippen LogP contribution in [0.1, 0.15) is 11.1 Å². The number of hydrogen-bond donors (Lipinski definition) is 3. The second kappa shape index (κ2) is 8.37. The van der Waals surface area contributed by atoms with Gasteiger partial charge in [-0.25, -0.2) is 4.79 Å². The molecule has 1 atom stereocenters. The molecule has 8 heteroatoms. The Morgan fingerprint density at radius 2 is 2.07 bits per heavy atom. The number of halogens is 1. The molecule has 0 aliphatic carbocycles. The summed E-state index contributed by atoms with van der Waals surface area (Å²) in [5.41, 5.74) is 2.44. The quantitative estimate of drug-likeness (QED) is 0.636. The van der Waals surface area contributed by atoms with Crippen molar-refractivity contribution in [1.82, 2.24) is 5.32 Å². The average Bonchev–Trinajstić information content (AvgIpc) is 2.96. The molecule has 1 fully saturated rings. The Labute approximate surface area is 165 Å². The summed E-state index contributed by atoms with van der Waals surface area (Å²) < 4.78 is 5.09. The lowest BCUT2D eigenvalue weighted by molar-refractivity contribution is -0.139. The fourth-order valence-electron chi connectivity index (χ4n) is 2.45. The third-order valence-electron chi connectivity index (χ3n) is 3.75. The molecular weight excluding hydrogens is 388 g/mol. The molecule has 0 radical (unpaired) electrons. The van der Waals surface area contributed by atoms with Gasteiger partial charge in [-0.05, 0) is 54.5 Å². The van der Waals surface area contributed by atoms with Gasteiger partial charge in [0.05, 0.1) is 4.91 Å². The number of ether oxygens (including phenoxy) is 1. The van der Waals surface area contributed by atoms with Crippen molar-refractivity contribution in [2.45, 2.75) is 12.4 Å². The molecule has 2 aromatic rings. The number of carboxylic acid groups (broad SMARTS) is 1. The van der Waals surface area contributed by atoms with Crippen LogP contribution in [0.2, 0.25) is 5.02 Å². The van der Waals surface area contributed by atoms with Crippen LogP contribution in [0.3, 0.4) is 0 Å². The zero-order chi connectivity index (χ0) is 19.4. The lowest BCUT2D eigenvalue weighted by Crippen LogP contribution is -2.31. The van der Waals surface area contributed by atoms with E-state index in [0.29, 0.717) is 15.7 Å². The summed E-state index contributed by atoms with van der Waals surface area (Å²) >= 11 is 7.35. The number of rotatable bonds is 6. The molecule has 0 saturated carbocycles. The highest BCUT2D eigenvalue weighted by atomic mass is 35.5. The van der Waals surface area contributed by atoms with Gasteiger partial charge in [-0.2, -0.15) is 0 Å². The van der Waals surface area contributed by atoms with Crippen LogP contribution in [-0.4, -0.2) is 29.1 Å². The lowest BCUT2D eigenvalue weighted by Gasteiger charge is -2.15. The van der Waals surface area contributed by atoms with Gasteiger partial charge in [-0.3, -0.25) is 4.79 Å². The molecule has 1 aliphatic heterocycles. The van der Waals surface area contributed by atoms with Crippen molar-refractivity contribution in [2.24, 2.45) is 0 Å². The average molecular weight is 405 g/mol. The van der Waals surface area contributed by atoms with E-state index in [9.17, 15) is 9.59 Å². The minimum absolute atomic E-state index is 0.157. The van der Waals surface area contributed by atoms with Crippen molar-refractivity contribution in [3.63, 3.8) is 0 Å². The number of thioether (sulfide) groups is 1. The number of aliphatic carboxylic acids is 1. The summed E-state index contributed by atoms with van der Waals surface area (Å²) in [4.78, 5) is 23.3. The highest BCUT2D eigenvalue weighted by molar-refractivity contribution is 8.05. The molecule has 27 heavy (non-hydrogen) atoms. The molecule has 2 aromatic carbocycles. The summed E-state index contributed by atoms with van der Waals surface area (Å²) in [6.07, 6.45) is 1.78. The molecule has 1 unspecified atom stereocenters. The van der Waals surface area contributed by atoms with Crippen LogP contribution in [0, 0.1) is 6.92 Å². The van der Waals surface area contributed by atoms with Gasteiger partial charge in [0.2, 0.25) is 0 Å². The molecule has 1 heterocycles. The Bertz CT molecular complexity index is 899. The first-order valence-corrected chi connectivity index (χ1v) is 9.33. The maximum atomic E-state index is 12.2. The largest absolute Gasteiger partial charge is 0.482 e. The Hall–Kier alpha value is -2.64. The molecule has 1 aliphatic rings. The van der Waals surface area contributed by atoms with Crippen LogP contribution in [0.5, 0.6) is 5.75 Å². The van der Waals surface area contributed by atoms with E-state index >= 15 is 0 Å². The minimum atomic E-state index is -1.03. The number of carboxylic acids is 1. The third kappa shape index (κ3) is 5.18. The Morgan fingerprint density at radius 3 is 2.74 bits per heavy atom. The molecule has 1 amide bonds. The first-order valence-electron chi connectivity index (χ1n) is 8.07. The van der Waals surface area contributed by atoms with E-state index in [4.69, 9.17) is 21.4 Å². The second-order valence-electron chi connectivity index (χ2n) is 5.83. The van der Waals surface area contributed by atoms with Gasteiger partial charge in [0.1, 0.15) is 5.75 Å². The molecular formula is C19H17ClN2O4S. The van der Waals surface area contributed by atoms with Crippen LogP contribution in [-0.2, 0) is 9.59 Å². The van der Waals surface area contributed by atoms with Crippen LogP contribution >= 0.6 is 23.4 Å². The van der Waals surface area contributed by atoms with Gasteiger partial charge in [-0.1, -0.05) is 35.5 Å². The highest BCUT2D eigenvalue weighted by Crippen LogP contribution is 2.31. The zero-order valence-corrected chi connectivity index (χ0v) is 15.9. The van der Waals surface area contributed by atoms with E-state index in [1.54, 1.807) is 36.4 Å². The van der Waals surface area contributed by atoms with Gasteiger partial charge in [0.25, 0.3) is 5.91 Å². The van der Waals surface area contributed by atoms with Gasteiger partial charge in [-0.15, -0.1) is 0 Å². The highest BCUT2D eigenvalue weighted by Gasteiger charge is 2.27. The Kier molecular flexibility index (Phi) is 5.93. The molecule has 140 valence electrons. The Balaban J connectivity index is 1.65. The first-order chi connectivity index (χ1) is 12.9. The molecule has 6 nitrogen and oxygen atoms in total. The molecule has 0 spiro atoms. The number of nitrogens with one attached hydrogen (secondary N) is 2. The van der Waals surface area contributed by atoms with E-state index in [1.165, 1.54) is 11.8 Å². The molecule has 1 saturated heterocycles. The SMILES string of the molecule is Cc1cc(Cl)ccc1NC1NC(=O)/C(=C/c2ccc(OCC(=O)O)cc2)S1. The smallest absolute Gasteiger partial charge is 0.341 e. The third-order valence-corrected chi connectivity index (χ3v) is 5.01. The van der Waals surface area contributed by atoms with Gasteiger partial charge >= 0.3 is 5.97 Å². The molecule has 3 N–H and O–H groups in total. The summed E-state index contributed by atoms with van der Waals surface area (Å²) in [6, 6.07) is 12.4. The number of aryl methyl sites for hydroxylation is 1. The van der Waals surface area contributed by atoms with Crippen molar-refractivity contribution in [1.29, 1.82) is 0 Å². The number of amides is 1. The number of benzene rings is 2. The van der Waals surface area contributed by atoms with Crippen LogP contribution in [0.4, 0.5) is 5.69 Å². The number of carbonyl (C=O) groups is 2. The zero-order valence-electron chi connectivity index (χ0n) is 14.4. The van der Waals surface area contributed by atoms with Crippen molar-refractivity contribution in [2.75, 3.05) is 11.9 Å². The van der Waals surface area contributed by atoms with E-state index in [2.05, 4.69) is 10.6 Å². The lowest BCUT2D eigenvalue weighted by atomic mass is 10.2. The number of anilines is 1. The van der Waals surface area contributed by atoms with Gasteiger partial charge in [0.15, 0.2) is 12.1 Å². The van der Waals surface area contributed by atoms with Crippen LogP contribution in [0.15, 0.2) is 47.4 Å². The van der Waals surface area contributed by atoms with Crippen molar-refractivity contribution in [3.05, 3.63) is 63.5 Å². The standard InChI is InChI=1S/C19H17ClN2O4S/c1-11-8-13(20)4-7-15(11)21-19-22-18(25)16(27-19)9-12-2-5-14(6-3-12)26-10-17(23)24/h2-9,19,21H,10H2,1H3,(H,22,25)(H,23,24)/b16-9-. The van der Waals surface area contributed by atoms with Crippen molar-refractivity contribution < 1.29 is 19.4 Å². The normalized spacial score (nSPS) is 17.6. The van der Waals surface area contributed by atoms with Crippen LogP contribution < -0.4 is 15.4 Å². The minimum Gasteiger partial charge on any atom is -0.482 e. The fourth-order valence-corrected chi connectivity index (χ4v) is 3.65. The predicted octanol–water partition coefficient (Wildman–Crippen LogP) is 3.71. The fraction of sp³-hybridized carbons (Fsp3) is 0.158. The Morgan fingerprint density at radius 1 is 1.33 bits per heavy atom. The molecule has 3 rings (SSSR count). The van der Waals surface area contributed by atoms with Crippen LogP contribution in [0.25, 0.3) is 6.08 Å². The van der Waals surface area contributed by atoms with E-state index in [0.717, 1.165) is 16.8 Å². The van der Waals surface area contributed by atoms with E-state index in [1.807, 2.05) is 19.1 Å². The summed E-state index contributed by atoms with van der Waals surface area (Å²) in [5.74, 6) is -0.731. The maximum absolute atomic E-state index is 12.2. The predicted molar refractivity (Wildman–Crippen MR) is 107 cm³/mol. The first kappa shape index (κ1) is 19.1. The molecule has 0 aromatic heterocycles. The number of hydrogen-bond acceptors (Lipinski definition) is 5. The number of carbonyl (C=O) groups excluding carboxylic acids is 1. The molecule has 0 bridgehead atoms. The second-order valence-corrected chi connectivity index (χ2v) is 7.42. The van der Waals surface area contributed by atoms with Crippen molar-refractivity contribution in [3.8, 4) is 5.75 Å². The van der Waals surface area contributed by atoms with E-state index in [-0.39, 0.29) is 11.4 Å². The van der Waals surface area contributed by atoms with Crippen molar-refractivity contribution >= 4 is 47.0 Å². The summed E-state index contributed by atoms with van der Waals surface area (Å²) in [6.45, 7) is 1.55.